The number of ether oxygens (including phenoxy) is 1. The Labute approximate surface area is 121 Å². The van der Waals surface area contributed by atoms with E-state index < -0.39 is 26.5 Å². The number of benzene rings is 1. The number of sulfonamides is 1. The molecule has 0 radical (unpaired) electrons. The molecule has 2 rings (SSSR count). The van der Waals surface area contributed by atoms with E-state index in [-0.39, 0.29) is 10.8 Å². The lowest BCUT2D eigenvalue weighted by Gasteiger charge is -2.16. The fourth-order valence-corrected chi connectivity index (χ4v) is 3.88. The Bertz CT molecular complexity index is 649. The Balaban J connectivity index is 2.24. The Hall–Kier alpha value is -1.58. The Morgan fingerprint density at radius 2 is 2.24 bits per heavy atom. The van der Waals surface area contributed by atoms with E-state index in [0.717, 1.165) is 12.1 Å². The number of rotatable bonds is 5. The summed E-state index contributed by atoms with van der Waals surface area (Å²) in [6, 6.07) is 2.61. The molecule has 0 spiro atoms. The molecule has 0 saturated carbocycles. The lowest BCUT2D eigenvalue weighted by molar-refractivity contribution is -0.387. The molecule has 0 bridgehead atoms. The molecule has 1 aromatic rings. The van der Waals surface area contributed by atoms with Gasteiger partial charge in [0.15, 0.2) is 0 Å². The summed E-state index contributed by atoms with van der Waals surface area (Å²) < 4.78 is 44.5. The zero-order valence-corrected chi connectivity index (χ0v) is 12.2. The van der Waals surface area contributed by atoms with Crippen molar-refractivity contribution in [1.29, 1.82) is 0 Å². The van der Waals surface area contributed by atoms with E-state index in [4.69, 9.17) is 4.74 Å². The minimum Gasteiger partial charge on any atom is -0.384 e. The third-order valence-corrected chi connectivity index (χ3v) is 5.27. The van der Waals surface area contributed by atoms with Gasteiger partial charge in [0, 0.05) is 32.3 Å². The second-order valence-electron chi connectivity index (χ2n) is 4.84. The largest absolute Gasteiger partial charge is 0.384 e. The molecule has 1 saturated heterocycles. The molecular formula is C12H15FN2O5S. The molecule has 1 unspecified atom stereocenters. The topological polar surface area (TPSA) is 89.8 Å². The minimum absolute atomic E-state index is 0.104. The van der Waals surface area contributed by atoms with Crippen molar-refractivity contribution in [3.05, 3.63) is 34.1 Å². The third-order valence-electron chi connectivity index (χ3n) is 3.40. The first-order chi connectivity index (χ1) is 9.86. The van der Waals surface area contributed by atoms with E-state index in [2.05, 4.69) is 0 Å². The number of hydrogen-bond acceptors (Lipinski definition) is 5. The fraction of sp³-hybridized carbons (Fsp3) is 0.500. The van der Waals surface area contributed by atoms with Crippen LogP contribution < -0.4 is 0 Å². The molecule has 9 heteroatoms. The number of hydrogen-bond donors (Lipinski definition) is 0. The molecule has 1 aromatic carbocycles. The summed E-state index contributed by atoms with van der Waals surface area (Å²) in [7, 11) is -2.30. The zero-order chi connectivity index (χ0) is 15.6. The van der Waals surface area contributed by atoms with Gasteiger partial charge in [-0.2, -0.15) is 8.70 Å². The Kier molecular flexibility index (Phi) is 4.55. The van der Waals surface area contributed by atoms with Crippen LogP contribution in [0.25, 0.3) is 0 Å². The van der Waals surface area contributed by atoms with Crippen molar-refractivity contribution in [2.45, 2.75) is 11.3 Å². The summed E-state index contributed by atoms with van der Waals surface area (Å²) in [4.78, 5) is 9.38. The van der Waals surface area contributed by atoms with Gasteiger partial charge in [0.2, 0.25) is 15.8 Å². The van der Waals surface area contributed by atoms with Crippen LogP contribution in [0.2, 0.25) is 0 Å². The number of nitrogens with zero attached hydrogens (tertiary/aromatic N) is 2. The van der Waals surface area contributed by atoms with Gasteiger partial charge in [-0.1, -0.05) is 0 Å². The van der Waals surface area contributed by atoms with E-state index >= 15 is 0 Å². The molecule has 21 heavy (non-hydrogen) atoms. The van der Waals surface area contributed by atoms with Crippen LogP contribution in [0.5, 0.6) is 0 Å². The van der Waals surface area contributed by atoms with E-state index in [1.165, 1.54) is 4.31 Å². The average Bonchev–Trinajstić information content (AvgIpc) is 2.88. The minimum atomic E-state index is -3.84. The molecule has 1 fully saturated rings. The summed E-state index contributed by atoms with van der Waals surface area (Å²) in [5, 5.41) is 10.5. The van der Waals surface area contributed by atoms with Gasteiger partial charge in [0.05, 0.1) is 16.4 Å². The molecule has 1 atom stereocenters. The maximum absolute atomic E-state index is 13.6. The van der Waals surface area contributed by atoms with Gasteiger partial charge in [-0.15, -0.1) is 0 Å². The monoisotopic (exact) mass is 318 g/mol. The van der Waals surface area contributed by atoms with E-state index in [1.54, 1.807) is 7.11 Å². The predicted octanol–water partition coefficient (Wildman–Crippen LogP) is 1.39. The molecule has 0 aliphatic carbocycles. The highest BCUT2D eigenvalue weighted by molar-refractivity contribution is 7.89. The molecule has 1 aliphatic rings. The van der Waals surface area contributed by atoms with Crippen LogP contribution >= 0.6 is 0 Å². The second-order valence-corrected chi connectivity index (χ2v) is 6.78. The van der Waals surface area contributed by atoms with Gasteiger partial charge in [0.25, 0.3) is 0 Å². The first kappa shape index (κ1) is 15.8. The standard InChI is InChI=1S/C12H15FN2O5S/c1-20-8-9-4-5-14(7-9)21(18,19)10-2-3-12(15(16)17)11(13)6-10/h2-3,6,9H,4-5,7-8H2,1H3. The second kappa shape index (κ2) is 6.04. The summed E-state index contributed by atoms with van der Waals surface area (Å²) in [6.07, 6.45) is 0.669. The lowest BCUT2D eigenvalue weighted by atomic mass is 10.1. The summed E-state index contributed by atoms with van der Waals surface area (Å²) >= 11 is 0. The van der Waals surface area contributed by atoms with Gasteiger partial charge >= 0.3 is 5.69 Å². The van der Waals surface area contributed by atoms with Gasteiger partial charge in [-0.05, 0) is 18.4 Å². The first-order valence-electron chi connectivity index (χ1n) is 6.29. The molecule has 7 nitrogen and oxygen atoms in total. The first-order valence-corrected chi connectivity index (χ1v) is 7.73. The predicted molar refractivity (Wildman–Crippen MR) is 71.8 cm³/mol. The van der Waals surface area contributed by atoms with Gasteiger partial charge in [0.1, 0.15) is 0 Å². The maximum atomic E-state index is 13.6. The van der Waals surface area contributed by atoms with Crippen LogP contribution in [0.1, 0.15) is 6.42 Å². The van der Waals surface area contributed by atoms with Crippen LogP contribution in [-0.2, 0) is 14.8 Å². The summed E-state index contributed by atoms with van der Waals surface area (Å²) in [5.74, 6) is -1.05. The fourth-order valence-electron chi connectivity index (χ4n) is 2.33. The highest BCUT2D eigenvalue weighted by Crippen LogP contribution is 2.27. The van der Waals surface area contributed by atoms with Crippen molar-refractivity contribution in [2.75, 3.05) is 26.8 Å². The van der Waals surface area contributed by atoms with Crippen LogP contribution in [0.15, 0.2) is 23.1 Å². The Morgan fingerprint density at radius 3 is 2.81 bits per heavy atom. The number of methoxy groups -OCH3 is 1. The molecule has 0 N–H and O–H groups in total. The lowest BCUT2D eigenvalue weighted by Crippen LogP contribution is -2.29. The van der Waals surface area contributed by atoms with Crippen LogP contribution in [-0.4, -0.2) is 44.5 Å². The summed E-state index contributed by atoms with van der Waals surface area (Å²) in [6.45, 7) is 1.09. The van der Waals surface area contributed by atoms with Crippen molar-refractivity contribution in [3.8, 4) is 0 Å². The normalized spacial score (nSPS) is 19.8. The van der Waals surface area contributed by atoms with E-state index in [1.807, 2.05) is 0 Å². The van der Waals surface area contributed by atoms with E-state index in [0.29, 0.717) is 32.2 Å². The quantitative estimate of drug-likeness (QED) is 0.604. The SMILES string of the molecule is COCC1CCN(S(=O)(=O)c2ccc([N+](=O)[O-])c(F)c2)C1. The molecule has 0 aromatic heterocycles. The summed E-state index contributed by atoms with van der Waals surface area (Å²) in [5.41, 5.74) is -0.743. The maximum Gasteiger partial charge on any atom is 0.304 e. The van der Waals surface area contributed by atoms with Crippen LogP contribution in [0, 0.1) is 21.8 Å². The van der Waals surface area contributed by atoms with Gasteiger partial charge < -0.3 is 4.74 Å². The van der Waals surface area contributed by atoms with Gasteiger partial charge in [-0.25, -0.2) is 8.42 Å². The van der Waals surface area contributed by atoms with Crippen LogP contribution in [0.3, 0.4) is 0 Å². The molecule has 0 amide bonds. The average molecular weight is 318 g/mol. The van der Waals surface area contributed by atoms with Crippen molar-refractivity contribution in [3.63, 3.8) is 0 Å². The Morgan fingerprint density at radius 1 is 1.52 bits per heavy atom. The number of halogens is 1. The van der Waals surface area contributed by atoms with Crippen molar-refractivity contribution < 1.29 is 22.5 Å². The molecule has 116 valence electrons. The third kappa shape index (κ3) is 3.20. The zero-order valence-electron chi connectivity index (χ0n) is 11.4. The molecular weight excluding hydrogens is 303 g/mol. The van der Waals surface area contributed by atoms with Crippen molar-refractivity contribution in [2.24, 2.45) is 5.92 Å². The van der Waals surface area contributed by atoms with Crippen LogP contribution in [0.4, 0.5) is 10.1 Å². The van der Waals surface area contributed by atoms with Crippen molar-refractivity contribution >= 4 is 15.7 Å². The molecule has 1 aliphatic heterocycles. The smallest absolute Gasteiger partial charge is 0.304 e. The van der Waals surface area contributed by atoms with E-state index in [9.17, 15) is 22.9 Å². The number of nitro groups is 1. The van der Waals surface area contributed by atoms with Crippen molar-refractivity contribution in [1.82, 2.24) is 4.31 Å². The number of nitro benzene ring substituents is 1. The van der Waals surface area contributed by atoms with Gasteiger partial charge in [-0.3, -0.25) is 10.1 Å². The highest BCUT2D eigenvalue weighted by Gasteiger charge is 2.33. The highest BCUT2D eigenvalue weighted by atomic mass is 32.2. The molecule has 1 heterocycles.